The zero-order valence-corrected chi connectivity index (χ0v) is 9.75. The zero-order valence-electron chi connectivity index (χ0n) is 9.75. The van der Waals surface area contributed by atoms with Gasteiger partial charge in [0.25, 0.3) is 0 Å². The summed E-state index contributed by atoms with van der Waals surface area (Å²) in [5.74, 6) is -2.02. The lowest BCUT2D eigenvalue weighted by molar-refractivity contribution is -0.275. The first kappa shape index (κ1) is 13.5. The molecule has 1 aromatic rings. The molecule has 0 aliphatic carbocycles. The zero-order chi connectivity index (χ0) is 14.0. The minimum atomic E-state index is -4.96. The fraction of sp³-hybridized carbons (Fsp3) is 0.333. The molecule has 1 saturated heterocycles. The summed E-state index contributed by atoms with van der Waals surface area (Å²) in [5.41, 5.74) is 0.612. The average molecular weight is 277 g/mol. The van der Waals surface area contributed by atoms with Crippen molar-refractivity contribution in [3.63, 3.8) is 0 Å². The number of aliphatic hydroxyl groups excluding tert-OH is 1. The molecule has 1 heterocycles. The van der Waals surface area contributed by atoms with Gasteiger partial charge in [-0.2, -0.15) is 0 Å². The summed E-state index contributed by atoms with van der Waals surface area (Å²) in [4.78, 5) is 1.77. The Morgan fingerprint density at radius 3 is 2.47 bits per heavy atom. The quantitative estimate of drug-likeness (QED) is 0.679. The Morgan fingerprint density at radius 1 is 1.32 bits per heavy atom. The van der Waals surface area contributed by atoms with Crippen molar-refractivity contribution in [1.29, 1.82) is 0 Å². The third-order valence-corrected chi connectivity index (χ3v) is 2.77. The van der Waals surface area contributed by atoms with E-state index in [9.17, 15) is 17.6 Å². The lowest BCUT2D eigenvalue weighted by Gasteiger charge is -2.34. The minimum absolute atomic E-state index is 0.267. The molecule has 0 radical (unpaired) electrons. The molecule has 0 saturated carbocycles. The van der Waals surface area contributed by atoms with Crippen LogP contribution in [0.1, 0.15) is 12.0 Å². The number of alkyl halides is 3. The second-order valence-corrected chi connectivity index (χ2v) is 4.05. The normalized spacial score (nSPS) is 16.2. The molecule has 2 rings (SSSR count). The molecule has 1 aliphatic heterocycles. The van der Waals surface area contributed by atoms with E-state index in [0.29, 0.717) is 18.8 Å². The molecule has 0 bridgehead atoms. The first-order chi connectivity index (χ1) is 8.90. The van der Waals surface area contributed by atoms with Gasteiger partial charge in [-0.3, -0.25) is 0 Å². The number of hydrogen-bond donors (Lipinski definition) is 1. The average Bonchev–Trinajstić information content (AvgIpc) is 2.24. The van der Waals surface area contributed by atoms with E-state index in [2.05, 4.69) is 4.74 Å². The molecule has 1 aliphatic rings. The van der Waals surface area contributed by atoms with Crippen LogP contribution in [0.15, 0.2) is 24.5 Å². The standard InChI is InChI=1S/C12H11F4NO2/c13-9-3-2-8(6-11(9)19-12(14,15)16)10(7-18)17-4-1-5-17/h2-3,6-7,18H,1,4-5H2. The van der Waals surface area contributed by atoms with Crippen molar-refractivity contribution in [2.45, 2.75) is 12.8 Å². The van der Waals surface area contributed by atoms with Gasteiger partial charge in [0.15, 0.2) is 11.6 Å². The van der Waals surface area contributed by atoms with Gasteiger partial charge in [-0.1, -0.05) is 0 Å². The predicted octanol–water partition coefficient (Wildman–Crippen LogP) is 3.29. The molecule has 3 nitrogen and oxygen atoms in total. The van der Waals surface area contributed by atoms with E-state index in [0.717, 1.165) is 24.8 Å². The van der Waals surface area contributed by atoms with Crippen LogP contribution in [0.4, 0.5) is 17.6 Å². The van der Waals surface area contributed by atoms with Crippen LogP contribution in [0.5, 0.6) is 5.75 Å². The Bertz CT molecular complexity index is 495. The van der Waals surface area contributed by atoms with Crippen molar-refractivity contribution in [1.82, 2.24) is 4.90 Å². The third kappa shape index (κ3) is 3.10. The largest absolute Gasteiger partial charge is 0.573 e. The van der Waals surface area contributed by atoms with Crippen LogP contribution >= 0.6 is 0 Å². The number of aliphatic hydroxyl groups is 1. The van der Waals surface area contributed by atoms with E-state index in [-0.39, 0.29) is 5.56 Å². The van der Waals surface area contributed by atoms with E-state index in [1.165, 1.54) is 6.07 Å². The topological polar surface area (TPSA) is 32.7 Å². The number of halogens is 4. The van der Waals surface area contributed by atoms with Gasteiger partial charge in [-0.15, -0.1) is 13.2 Å². The highest BCUT2D eigenvalue weighted by Gasteiger charge is 2.32. The molecule has 19 heavy (non-hydrogen) atoms. The molecule has 1 aromatic carbocycles. The monoisotopic (exact) mass is 277 g/mol. The molecule has 1 fully saturated rings. The Hall–Kier alpha value is -1.92. The van der Waals surface area contributed by atoms with Crippen LogP contribution in [-0.2, 0) is 0 Å². The second-order valence-electron chi connectivity index (χ2n) is 4.05. The Balaban J connectivity index is 2.29. The first-order valence-electron chi connectivity index (χ1n) is 5.56. The van der Waals surface area contributed by atoms with Gasteiger partial charge in [-0.25, -0.2) is 4.39 Å². The Labute approximate surface area is 106 Å². The fourth-order valence-corrected chi connectivity index (χ4v) is 1.76. The van der Waals surface area contributed by atoms with Crippen LogP contribution < -0.4 is 4.74 Å². The van der Waals surface area contributed by atoms with Gasteiger partial charge in [0.1, 0.15) is 6.26 Å². The van der Waals surface area contributed by atoms with Crippen LogP contribution in [0.2, 0.25) is 0 Å². The summed E-state index contributed by atoms with van der Waals surface area (Å²) in [5, 5.41) is 9.15. The fourth-order valence-electron chi connectivity index (χ4n) is 1.76. The first-order valence-corrected chi connectivity index (χ1v) is 5.56. The van der Waals surface area contributed by atoms with Crippen LogP contribution in [-0.4, -0.2) is 29.5 Å². The molecule has 0 unspecified atom stereocenters. The van der Waals surface area contributed by atoms with Crippen molar-refractivity contribution < 1.29 is 27.4 Å². The van der Waals surface area contributed by atoms with E-state index in [4.69, 9.17) is 5.11 Å². The summed E-state index contributed by atoms with van der Waals surface area (Å²) >= 11 is 0. The smallest absolute Gasteiger partial charge is 0.513 e. The molecular weight excluding hydrogens is 266 g/mol. The second kappa shape index (κ2) is 4.99. The van der Waals surface area contributed by atoms with Crippen molar-refractivity contribution in [3.8, 4) is 5.75 Å². The van der Waals surface area contributed by atoms with Gasteiger partial charge in [0.2, 0.25) is 0 Å². The molecule has 0 spiro atoms. The summed E-state index contributed by atoms with van der Waals surface area (Å²) in [6, 6.07) is 3.09. The number of benzene rings is 1. The number of nitrogens with zero attached hydrogens (tertiary/aromatic N) is 1. The van der Waals surface area contributed by atoms with Crippen molar-refractivity contribution in [2.75, 3.05) is 13.1 Å². The lowest BCUT2D eigenvalue weighted by Crippen LogP contribution is -2.35. The van der Waals surface area contributed by atoms with Crippen LogP contribution in [0.25, 0.3) is 5.70 Å². The van der Waals surface area contributed by atoms with Gasteiger partial charge in [0, 0.05) is 18.7 Å². The summed E-state index contributed by atoms with van der Waals surface area (Å²) < 4.78 is 53.2. The van der Waals surface area contributed by atoms with E-state index >= 15 is 0 Å². The SMILES string of the molecule is OC=C(c1ccc(F)c(OC(F)(F)F)c1)N1CCC1. The van der Waals surface area contributed by atoms with Crippen molar-refractivity contribution in [3.05, 3.63) is 35.8 Å². The van der Waals surface area contributed by atoms with Gasteiger partial charge in [-0.05, 0) is 24.6 Å². The number of hydrogen-bond acceptors (Lipinski definition) is 3. The number of likely N-dealkylation sites (tertiary alicyclic amines) is 1. The molecule has 0 aromatic heterocycles. The summed E-state index contributed by atoms with van der Waals surface area (Å²) in [7, 11) is 0. The Morgan fingerprint density at radius 2 is 2.00 bits per heavy atom. The maximum atomic E-state index is 13.2. The summed E-state index contributed by atoms with van der Waals surface area (Å²) in [6.07, 6.45) is -3.23. The molecule has 104 valence electrons. The third-order valence-electron chi connectivity index (χ3n) is 2.77. The van der Waals surface area contributed by atoms with Gasteiger partial charge in [0.05, 0.1) is 5.70 Å². The van der Waals surface area contributed by atoms with Gasteiger partial charge < -0.3 is 14.7 Å². The molecule has 1 N–H and O–H groups in total. The highest BCUT2D eigenvalue weighted by molar-refractivity contribution is 5.65. The van der Waals surface area contributed by atoms with Crippen molar-refractivity contribution >= 4 is 5.70 Å². The maximum absolute atomic E-state index is 13.2. The van der Waals surface area contributed by atoms with Crippen LogP contribution in [0.3, 0.4) is 0 Å². The highest BCUT2D eigenvalue weighted by Crippen LogP contribution is 2.31. The summed E-state index contributed by atoms with van der Waals surface area (Å²) in [6.45, 7) is 1.39. The van der Waals surface area contributed by atoms with E-state index < -0.39 is 17.9 Å². The lowest BCUT2D eigenvalue weighted by atomic mass is 10.1. The maximum Gasteiger partial charge on any atom is 0.573 e. The van der Waals surface area contributed by atoms with E-state index in [1.54, 1.807) is 4.90 Å². The molecule has 0 amide bonds. The van der Waals surface area contributed by atoms with Crippen molar-refractivity contribution in [2.24, 2.45) is 0 Å². The minimum Gasteiger partial charge on any atom is -0.513 e. The molecular formula is C12H11F4NO2. The van der Waals surface area contributed by atoms with Crippen LogP contribution in [0, 0.1) is 5.82 Å². The number of rotatable bonds is 3. The predicted molar refractivity (Wildman–Crippen MR) is 59.9 cm³/mol. The highest BCUT2D eigenvalue weighted by atomic mass is 19.4. The van der Waals surface area contributed by atoms with E-state index in [1.807, 2.05) is 0 Å². The number of ether oxygens (including phenoxy) is 1. The molecule has 7 heteroatoms. The Kier molecular flexibility index (Phi) is 3.55. The molecule has 0 atom stereocenters. The van der Waals surface area contributed by atoms with Gasteiger partial charge >= 0.3 is 6.36 Å².